The van der Waals surface area contributed by atoms with E-state index in [2.05, 4.69) is 39.1 Å². The van der Waals surface area contributed by atoms with Crippen LogP contribution in [0.4, 0.5) is 0 Å². The molecule has 0 N–H and O–H groups in total. The zero-order chi connectivity index (χ0) is 16.1. The molecule has 124 valence electrons. The first-order valence-electron chi connectivity index (χ1n) is 7.77. The molecule has 6 heteroatoms. The summed E-state index contributed by atoms with van der Waals surface area (Å²) >= 11 is 1.82. The number of aliphatic imine (C=N–C) groups is 1. The molecular weight excluding hydrogens is 296 g/mol. The summed E-state index contributed by atoms with van der Waals surface area (Å²) in [5.74, 6) is 1.00. The second-order valence-electron chi connectivity index (χ2n) is 6.14. The molecular formula is C16H28N4OS. The summed E-state index contributed by atoms with van der Waals surface area (Å²) in [7, 11) is 8.15. The lowest BCUT2D eigenvalue weighted by Crippen LogP contribution is -2.44. The van der Waals surface area contributed by atoms with Crippen LogP contribution in [0.2, 0.25) is 0 Å². The number of thiophene rings is 1. The van der Waals surface area contributed by atoms with Crippen LogP contribution in [0.3, 0.4) is 0 Å². The molecule has 1 saturated heterocycles. The Balaban J connectivity index is 2.16. The topological polar surface area (TPSA) is 31.3 Å². The van der Waals surface area contributed by atoms with Crippen molar-refractivity contribution >= 4 is 17.3 Å². The van der Waals surface area contributed by atoms with E-state index >= 15 is 0 Å². The van der Waals surface area contributed by atoms with Gasteiger partial charge in [0.25, 0.3) is 0 Å². The molecule has 0 aliphatic carbocycles. The second-order valence-corrected chi connectivity index (χ2v) is 7.12. The van der Waals surface area contributed by atoms with Gasteiger partial charge in [-0.3, -0.25) is 9.89 Å². The van der Waals surface area contributed by atoms with E-state index in [1.165, 1.54) is 4.88 Å². The average molecular weight is 324 g/mol. The fourth-order valence-corrected chi connectivity index (χ4v) is 3.70. The molecule has 2 unspecified atom stereocenters. The smallest absolute Gasteiger partial charge is 0.195 e. The van der Waals surface area contributed by atoms with Crippen LogP contribution in [0.15, 0.2) is 22.5 Å². The SMILES string of the molecule is CC1CN(C(CN=C(N(C)C)N(C)C)c2cccs2)CCO1. The van der Waals surface area contributed by atoms with Gasteiger partial charge >= 0.3 is 0 Å². The van der Waals surface area contributed by atoms with E-state index in [4.69, 9.17) is 9.73 Å². The highest BCUT2D eigenvalue weighted by Gasteiger charge is 2.26. The molecule has 5 nitrogen and oxygen atoms in total. The van der Waals surface area contributed by atoms with Crippen molar-refractivity contribution in [1.82, 2.24) is 14.7 Å². The van der Waals surface area contributed by atoms with Crippen LogP contribution in [0.1, 0.15) is 17.8 Å². The highest BCUT2D eigenvalue weighted by atomic mass is 32.1. The van der Waals surface area contributed by atoms with Crippen LogP contribution in [0, 0.1) is 0 Å². The number of ether oxygens (including phenoxy) is 1. The van der Waals surface area contributed by atoms with Gasteiger partial charge in [0, 0.05) is 46.2 Å². The van der Waals surface area contributed by atoms with E-state index in [9.17, 15) is 0 Å². The van der Waals surface area contributed by atoms with Gasteiger partial charge in [0.15, 0.2) is 5.96 Å². The number of nitrogens with zero attached hydrogens (tertiary/aromatic N) is 4. The molecule has 1 aliphatic rings. The summed E-state index contributed by atoms with van der Waals surface area (Å²) in [4.78, 5) is 12.9. The molecule has 1 fully saturated rings. The molecule has 0 amide bonds. The second kappa shape index (κ2) is 7.94. The van der Waals surface area contributed by atoms with Gasteiger partial charge in [-0.25, -0.2) is 0 Å². The molecule has 0 bridgehead atoms. The molecule has 22 heavy (non-hydrogen) atoms. The summed E-state index contributed by atoms with van der Waals surface area (Å²) in [6.07, 6.45) is 0.294. The minimum absolute atomic E-state index is 0.294. The number of rotatable bonds is 4. The van der Waals surface area contributed by atoms with Crippen LogP contribution >= 0.6 is 11.3 Å². The van der Waals surface area contributed by atoms with Gasteiger partial charge in [0.05, 0.1) is 25.3 Å². The molecule has 0 saturated carbocycles. The van der Waals surface area contributed by atoms with Crippen molar-refractivity contribution in [3.63, 3.8) is 0 Å². The van der Waals surface area contributed by atoms with Gasteiger partial charge < -0.3 is 14.5 Å². The molecule has 0 radical (unpaired) electrons. The predicted molar refractivity (Wildman–Crippen MR) is 93.7 cm³/mol. The maximum Gasteiger partial charge on any atom is 0.195 e. The van der Waals surface area contributed by atoms with Gasteiger partial charge in [-0.05, 0) is 18.4 Å². The first-order chi connectivity index (χ1) is 10.5. The fourth-order valence-electron chi connectivity index (χ4n) is 2.85. The first-order valence-corrected chi connectivity index (χ1v) is 8.65. The lowest BCUT2D eigenvalue weighted by atomic mass is 10.1. The molecule has 0 aromatic carbocycles. The standard InChI is InChI=1S/C16H28N4OS/c1-13-12-20(8-9-21-13)14(15-7-6-10-22-15)11-17-16(18(2)3)19(4)5/h6-7,10,13-14H,8-9,11-12H2,1-5H3. The van der Waals surface area contributed by atoms with Crippen molar-refractivity contribution < 1.29 is 4.74 Å². The van der Waals surface area contributed by atoms with Crippen molar-refractivity contribution in [3.05, 3.63) is 22.4 Å². The maximum absolute atomic E-state index is 5.69. The van der Waals surface area contributed by atoms with Gasteiger partial charge in [-0.1, -0.05) is 6.07 Å². The van der Waals surface area contributed by atoms with Gasteiger partial charge in [0.2, 0.25) is 0 Å². The monoisotopic (exact) mass is 324 g/mol. The predicted octanol–water partition coefficient (Wildman–Crippen LogP) is 1.99. The van der Waals surface area contributed by atoms with Crippen molar-refractivity contribution in [3.8, 4) is 0 Å². The number of hydrogen-bond donors (Lipinski definition) is 0. The van der Waals surface area contributed by atoms with E-state index in [1.54, 1.807) is 0 Å². The third kappa shape index (κ3) is 4.44. The quantitative estimate of drug-likeness (QED) is 0.626. The van der Waals surface area contributed by atoms with Crippen molar-refractivity contribution in [2.75, 3.05) is 54.4 Å². The summed E-state index contributed by atoms with van der Waals surface area (Å²) in [5, 5.41) is 2.15. The Morgan fingerprint density at radius 1 is 1.41 bits per heavy atom. The number of guanidine groups is 1. The van der Waals surface area contributed by atoms with Crippen LogP contribution in [-0.2, 0) is 4.74 Å². The van der Waals surface area contributed by atoms with E-state index in [0.717, 1.165) is 32.2 Å². The average Bonchev–Trinajstić information content (AvgIpc) is 2.96. The lowest BCUT2D eigenvalue weighted by Gasteiger charge is -2.36. The largest absolute Gasteiger partial charge is 0.376 e. The van der Waals surface area contributed by atoms with E-state index in [-0.39, 0.29) is 0 Å². The highest BCUT2D eigenvalue weighted by molar-refractivity contribution is 7.10. The molecule has 1 aromatic rings. The Bertz CT molecular complexity index is 463. The fraction of sp³-hybridized carbons (Fsp3) is 0.688. The Hall–Kier alpha value is -1.11. The van der Waals surface area contributed by atoms with Gasteiger partial charge in [-0.15, -0.1) is 11.3 Å². The van der Waals surface area contributed by atoms with E-state index in [1.807, 2.05) is 39.5 Å². The molecule has 0 spiro atoms. The van der Waals surface area contributed by atoms with E-state index < -0.39 is 0 Å². The van der Waals surface area contributed by atoms with Crippen molar-refractivity contribution in [1.29, 1.82) is 0 Å². The molecule has 1 aliphatic heterocycles. The lowest BCUT2D eigenvalue weighted by molar-refractivity contribution is -0.0327. The van der Waals surface area contributed by atoms with Gasteiger partial charge in [-0.2, -0.15) is 0 Å². The Morgan fingerprint density at radius 2 is 2.14 bits per heavy atom. The van der Waals surface area contributed by atoms with Crippen LogP contribution in [-0.4, -0.2) is 81.2 Å². The summed E-state index contributed by atoms with van der Waals surface area (Å²) < 4.78 is 5.69. The minimum atomic E-state index is 0.294. The summed E-state index contributed by atoms with van der Waals surface area (Å²) in [5.41, 5.74) is 0. The van der Waals surface area contributed by atoms with E-state index in [0.29, 0.717) is 12.1 Å². The minimum Gasteiger partial charge on any atom is -0.376 e. The zero-order valence-electron chi connectivity index (χ0n) is 14.3. The molecule has 1 aromatic heterocycles. The first kappa shape index (κ1) is 17.2. The maximum atomic E-state index is 5.69. The summed E-state index contributed by atoms with van der Waals surface area (Å²) in [6.45, 7) is 5.67. The zero-order valence-corrected chi connectivity index (χ0v) is 15.1. The van der Waals surface area contributed by atoms with Crippen molar-refractivity contribution in [2.45, 2.75) is 19.1 Å². The third-order valence-electron chi connectivity index (χ3n) is 3.79. The molecule has 2 atom stereocenters. The van der Waals surface area contributed by atoms with Crippen molar-refractivity contribution in [2.24, 2.45) is 4.99 Å². The Morgan fingerprint density at radius 3 is 2.68 bits per heavy atom. The molecule has 2 rings (SSSR count). The third-order valence-corrected chi connectivity index (χ3v) is 4.76. The summed E-state index contributed by atoms with van der Waals surface area (Å²) in [6, 6.07) is 4.68. The normalized spacial score (nSPS) is 20.5. The number of hydrogen-bond acceptors (Lipinski definition) is 4. The van der Waals surface area contributed by atoms with Crippen LogP contribution < -0.4 is 0 Å². The Labute approximate surface area is 138 Å². The van der Waals surface area contributed by atoms with Gasteiger partial charge in [0.1, 0.15) is 0 Å². The highest BCUT2D eigenvalue weighted by Crippen LogP contribution is 2.27. The molecule has 2 heterocycles. The van der Waals surface area contributed by atoms with Crippen LogP contribution in [0.25, 0.3) is 0 Å². The Kier molecular flexibility index (Phi) is 6.23. The number of morpholine rings is 1. The van der Waals surface area contributed by atoms with Crippen LogP contribution in [0.5, 0.6) is 0 Å².